The molecule has 19 heavy (non-hydrogen) atoms. The van der Waals surface area contributed by atoms with Gasteiger partial charge in [0.05, 0.1) is 7.11 Å². The van der Waals surface area contributed by atoms with Crippen molar-refractivity contribution >= 4 is 28.2 Å². The van der Waals surface area contributed by atoms with Crippen LogP contribution in [0.2, 0.25) is 0 Å². The zero-order valence-electron chi connectivity index (χ0n) is 11.5. The molecule has 4 heteroatoms. The summed E-state index contributed by atoms with van der Waals surface area (Å²) in [7, 11) is 1.67. The Morgan fingerprint density at radius 3 is 2.79 bits per heavy atom. The molecule has 0 aliphatic rings. The van der Waals surface area contributed by atoms with Gasteiger partial charge < -0.3 is 10.1 Å². The van der Waals surface area contributed by atoms with Crippen LogP contribution in [0.15, 0.2) is 30.5 Å². The summed E-state index contributed by atoms with van der Waals surface area (Å²) in [4.78, 5) is 4.42. The first kappa shape index (κ1) is 13.9. The maximum absolute atomic E-state index is 6.02. The summed E-state index contributed by atoms with van der Waals surface area (Å²) in [5.74, 6) is 1.71. The summed E-state index contributed by atoms with van der Waals surface area (Å²) >= 11 is 6.02. The lowest BCUT2D eigenvalue weighted by molar-refractivity contribution is 0.415. The van der Waals surface area contributed by atoms with Crippen LogP contribution in [0.1, 0.15) is 20.3 Å². The molecule has 0 bridgehead atoms. The molecular formula is C15H19ClN2O. The first-order valence-electron chi connectivity index (χ1n) is 6.43. The van der Waals surface area contributed by atoms with E-state index < -0.39 is 0 Å². The van der Waals surface area contributed by atoms with Gasteiger partial charge in [-0.2, -0.15) is 0 Å². The number of benzene rings is 1. The standard InChI is InChI=1S/C15H19ClN2O/c1-10(16)8-11(2)18-15-14-9-13(19-3)5-4-12(14)6-7-17-15/h4-7,9-11H,8H2,1-3H3,(H,17,18). The van der Waals surface area contributed by atoms with E-state index in [1.165, 1.54) is 0 Å². The quantitative estimate of drug-likeness (QED) is 0.838. The lowest BCUT2D eigenvalue weighted by Gasteiger charge is -2.17. The fourth-order valence-electron chi connectivity index (χ4n) is 2.17. The topological polar surface area (TPSA) is 34.1 Å². The first-order chi connectivity index (χ1) is 9.10. The largest absolute Gasteiger partial charge is 0.497 e. The maximum atomic E-state index is 6.02. The molecule has 1 heterocycles. The van der Waals surface area contributed by atoms with E-state index in [0.29, 0.717) is 0 Å². The number of alkyl halides is 1. The second-order valence-corrected chi connectivity index (χ2v) is 5.55. The fourth-order valence-corrected chi connectivity index (χ4v) is 2.44. The Labute approximate surface area is 118 Å². The number of halogens is 1. The molecular weight excluding hydrogens is 260 g/mol. The highest BCUT2D eigenvalue weighted by molar-refractivity contribution is 6.20. The van der Waals surface area contributed by atoms with Crippen molar-refractivity contribution in [3.05, 3.63) is 30.5 Å². The number of ether oxygens (including phenoxy) is 1. The molecule has 2 unspecified atom stereocenters. The van der Waals surface area contributed by atoms with Crippen molar-refractivity contribution in [3.63, 3.8) is 0 Å². The third kappa shape index (κ3) is 3.51. The lowest BCUT2D eigenvalue weighted by atomic mass is 10.1. The van der Waals surface area contributed by atoms with Gasteiger partial charge in [-0.1, -0.05) is 6.07 Å². The Bertz CT molecular complexity index is 557. The van der Waals surface area contributed by atoms with Gasteiger partial charge in [-0.15, -0.1) is 11.6 Å². The lowest BCUT2D eigenvalue weighted by Crippen LogP contribution is -2.19. The average Bonchev–Trinajstić information content (AvgIpc) is 2.37. The van der Waals surface area contributed by atoms with E-state index in [2.05, 4.69) is 17.2 Å². The highest BCUT2D eigenvalue weighted by Gasteiger charge is 2.09. The summed E-state index contributed by atoms with van der Waals surface area (Å²) in [6.45, 7) is 4.11. The summed E-state index contributed by atoms with van der Waals surface area (Å²) in [6.07, 6.45) is 2.71. The van der Waals surface area contributed by atoms with Gasteiger partial charge in [-0.3, -0.25) is 0 Å². The number of hydrogen-bond donors (Lipinski definition) is 1. The number of rotatable bonds is 5. The van der Waals surface area contributed by atoms with Gasteiger partial charge in [-0.05, 0) is 43.9 Å². The molecule has 102 valence electrons. The van der Waals surface area contributed by atoms with E-state index in [1.807, 2.05) is 37.4 Å². The van der Waals surface area contributed by atoms with E-state index in [9.17, 15) is 0 Å². The molecule has 2 aromatic rings. The summed E-state index contributed by atoms with van der Waals surface area (Å²) < 4.78 is 5.27. The van der Waals surface area contributed by atoms with Gasteiger partial charge >= 0.3 is 0 Å². The molecule has 0 radical (unpaired) electrons. The van der Waals surface area contributed by atoms with Gasteiger partial charge in [0.25, 0.3) is 0 Å². The van der Waals surface area contributed by atoms with Crippen molar-refractivity contribution in [2.24, 2.45) is 0 Å². The van der Waals surface area contributed by atoms with Crippen molar-refractivity contribution in [2.45, 2.75) is 31.7 Å². The smallest absolute Gasteiger partial charge is 0.134 e. The van der Waals surface area contributed by atoms with Crippen LogP contribution in [0.5, 0.6) is 5.75 Å². The van der Waals surface area contributed by atoms with Crippen LogP contribution in [0, 0.1) is 0 Å². The van der Waals surface area contributed by atoms with Crippen LogP contribution in [-0.2, 0) is 0 Å². The Hall–Kier alpha value is -1.48. The van der Waals surface area contributed by atoms with E-state index in [0.717, 1.165) is 28.8 Å². The summed E-state index contributed by atoms with van der Waals surface area (Å²) in [5.41, 5.74) is 0. The number of hydrogen-bond acceptors (Lipinski definition) is 3. The van der Waals surface area contributed by atoms with Crippen LogP contribution in [0.3, 0.4) is 0 Å². The molecule has 0 spiro atoms. The van der Waals surface area contributed by atoms with Crippen molar-refractivity contribution in [1.82, 2.24) is 4.98 Å². The van der Waals surface area contributed by atoms with Crippen LogP contribution in [-0.4, -0.2) is 23.5 Å². The molecule has 1 aromatic carbocycles. The molecule has 0 aliphatic carbocycles. The normalized spacial score (nSPS) is 14.1. The third-order valence-electron chi connectivity index (χ3n) is 3.03. The van der Waals surface area contributed by atoms with Gasteiger partial charge in [0.1, 0.15) is 11.6 Å². The van der Waals surface area contributed by atoms with Gasteiger partial charge in [0.2, 0.25) is 0 Å². The van der Waals surface area contributed by atoms with Crippen molar-refractivity contribution in [3.8, 4) is 5.75 Å². The molecule has 3 nitrogen and oxygen atoms in total. The maximum Gasteiger partial charge on any atom is 0.134 e. The van der Waals surface area contributed by atoms with Crippen molar-refractivity contribution in [2.75, 3.05) is 12.4 Å². The second kappa shape index (κ2) is 6.11. The van der Waals surface area contributed by atoms with E-state index in [-0.39, 0.29) is 11.4 Å². The summed E-state index contributed by atoms with van der Waals surface area (Å²) in [5, 5.41) is 5.77. The minimum Gasteiger partial charge on any atom is -0.497 e. The molecule has 2 atom stereocenters. The van der Waals surface area contributed by atoms with Gasteiger partial charge in [0.15, 0.2) is 0 Å². The van der Waals surface area contributed by atoms with E-state index >= 15 is 0 Å². The van der Waals surface area contributed by atoms with Crippen molar-refractivity contribution < 1.29 is 4.74 Å². The number of anilines is 1. The Balaban J connectivity index is 2.31. The summed E-state index contributed by atoms with van der Waals surface area (Å²) in [6, 6.07) is 8.26. The molecule has 0 fully saturated rings. The molecule has 0 saturated heterocycles. The average molecular weight is 279 g/mol. The fraction of sp³-hybridized carbons (Fsp3) is 0.400. The van der Waals surface area contributed by atoms with Crippen molar-refractivity contribution in [1.29, 1.82) is 0 Å². The number of nitrogens with zero attached hydrogens (tertiary/aromatic N) is 1. The monoisotopic (exact) mass is 278 g/mol. The van der Waals surface area contributed by atoms with Crippen LogP contribution in [0.25, 0.3) is 10.8 Å². The molecule has 1 aromatic heterocycles. The third-order valence-corrected chi connectivity index (χ3v) is 3.21. The van der Waals surface area contributed by atoms with E-state index in [4.69, 9.17) is 16.3 Å². The molecule has 1 N–H and O–H groups in total. The van der Waals surface area contributed by atoms with Crippen LogP contribution in [0.4, 0.5) is 5.82 Å². The van der Waals surface area contributed by atoms with Gasteiger partial charge in [0, 0.05) is 23.0 Å². The first-order valence-corrected chi connectivity index (χ1v) is 6.87. The zero-order chi connectivity index (χ0) is 13.8. The molecule has 0 aliphatic heterocycles. The number of methoxy groups -OCH3 is 1. The predicted molar refractivity (Wildman–Crippen MR) is 81.3 cm³/mol. The van der Waals surface area contributed by atoms with Gasteiger partial charge in [-0.25, -0.2) is 4.98 Å². The molecule has 0 saturated carbocycles. The zero-order valence-corrected chi connectivity index (χ0v) is 12.2. The SMILES string of the molecule is COc1ccc2ccnc(NC(C)CC(C)Cl)c2c1. The number of nitrogens with one attached hydrogen (secondary N) is 1. The molecule has 2 rings (SSSR count). The second-order valence-electron chi connectivity index (χ2n) is 4.81. The minimum absolute atomic E-state index is 0.145. The Morgan fingerprint density at radius 2 is 2.11 bits per heavy atom. The molecule has 0 amide bonds. The predicted octanol–water partition coefficient (Wildman–Crippen LogP) is 4.06. The Kier molecular flexibility index (Phi) is 4.48. The highest BCUT2D eigenvalue weighted by Crippen LogP contribution is 2.26. The van der Waals surface area contributed by atoms with Crippen LogP contribution >= 0.6 is 11.6 Å². The minimum atomic E-state index is 0.145. The number of aromatic nitrogens is 1. The number of fused-ring (bicyclic) bond motifs is 1. The van der Waals surface area contributed by atoms with Crippen LogP contribution < -0.4 is 10.1 Å². The highest BCUT2D eigenvalue weighted by atomic mass is 35.5. The Morgan fingerprint density at radius 1 is 1.32 bits per heavy atom. The van der Waals surface area contributed by atoms with E-state index in [1.54, 1.807) is 7.11 Å². The number of pyridine rings is 1.